The van der Waals surface area contributed by atoms with E-state index in [2.05, 4.69) is 4.98 Å². The Morgan fingerprint density at radius 1 is 1.22 bits per heavy atom. The van der Waals surface area contributed by atoms with E-state index in [1.165, 1.54) is 16.7 Å². The zero-order chi connectivity index (χ0) is 18.8. The van der Waals surface area contributed by atoms with E-state index in [-0.39, 0.29) is 24.1 Å². The fourth-order valence-corrected chi connectivity index (χ4v) is 3.70. The number of benzene rings is 1. The van der Waals surface area contributed by atoms with E-state index in [0.29, 0.717) is 12.4 Å². The molecular weight excluding hydrogens is 344 g/mol. The number of imidazole rings is 1. The minimum atomic E-state index is -0.153. The van der Waals surface area contributed by atoms with Crippen LogP contribution in [0.5, 0.6) is 5.75 Å². The molecule has 0 spiro atoms. The molecule has 27 heavy (non-hydrogen) atoms. The van der Waals surface area contributed by atoms with Gasteiger partial charge in [0.15, 0.2) is 0 Å². The number of nitrogens with zero attached hydrogens (tertiary/aromatic N) is 4. The molecule has 0 N–H and O–H groups in total. The molecule has 1 amide bonds. The Hall–Kier alpha value is -3.09. The van der Waals surface area contributed by atoms with Crippen molar-refractivity contribution in [1.82, 2.24) is 18.9 Å². The van der Waals surface area contributed by atoms with Crippen molar-refractivity contribution in [3.8, 4) is 5.75 Å². The van der Waals surface area contributed by atoms with Gasteiger partial charge in [0, 0.05) is 31.2 Å². The van der Waals surface area contributed by atoms with Crippen molar-refractivity contribution < 1.29 is 9.53 Å². The van der Waals surface area contributed by atoms with Crippen LogP contribution in [0.4, 0.5) is 0 Å². The maximum Gasteiger partial charge on any atom is 0.258 e. The van der Waals surface area contributed by atoms with Gasteiger partial charge in [-0.1, -0.05) is 12.1 Å². The smallest absolute Gasteiger partial charge is 0.258 e. The van der Waals surface area contributed by atoms with Crippen LogP contribution in [0.25, 0.3) is 5.78 Å². The topological polar surface area (TPSA) is 68.8 Å². The summed E-state index contributed by atoms with van der Waals surface area (Å²) in [5.41, 5.74) is 0.968. The molecule has 1 atom stereocenters. The lowest BCUT2D eigenvalue weighted by Gasteiger charge is -2.25. The van der Waals surface area contributed by atoms with Gasteiger partial charge in [0.05, 0.1) is 12.6 Å². The fraction of sp³-hybridized carbons (Fsp3) is 0.350. The van der Waals surface area contributed by atoms with Crippen LogP contribution in [0.2, 0.25) is 0 Å². The molecule has 0 bridgehead atoms. The zero-order valence-corrected chi connectivity index (χ0v) is 15.2. The number of aromatic nitrogens is 3. The molecule has 1 aliphatic rings. The van der Waals surface area contributed by atoms with Gasteiger partial charge in [-0.3, -0.25) is 14.0 Å². The summed E-state index contributed by atoms with van der Waals surface area (Å²) < 4.78 is 8.66. The highest BCUT2D eigenvalue weighted by Gasteiger charge is 2.30. The van der Waals surface area contributed by atoms with Gasteiger partial charge < -0.3 is 14.2 Å². The number of rotatable bonds is 5. The third kappa shape index (κ3) is 3.32. The van der Waals surface area contributed by atoms with E-state index in [4.69, 9.17) is 4.74 Å². The normalized spacial score (nSPS) is 16.8. The highest BCUT2D eigenvalue weighted by atomic mass is 16.5. The minimum absolute atomic E-state index is 0.0302. The Morgan fingerprint density at radius 3 is 2.81 bits per heavy atom. The van der Waals surface area contributed by atoms with Crippen LogP contribution in [0.15, 0.2) is 53.7 Å². The molecule has 0 radical (unpaired) electrons. The molecule has 4 rings (SSSR count). The summed E-state index contributed by atoms with van der Waals surface area (Å²) in [5.74, 6) is 1.35. The van der Waals surface area contributed by atoms with Crippen LogP contribution in [-0.2, 0) is 11.3 Å². The van der Waals surface area contributed by atoms with E-state index in [0.717, 1.165) is 30.7 Å². The number of likely N-dealkylation sites (tertiary alicyclic amines) is 1. The number of carbonyl (C=O) groups excluding carboxylic acids is 1. The Labute approximate surface area is 156 Å². The van der Waals surface area contributed by atoms with Crippen molar-refractivity contribution in [3.63, 3.8) is 0 Å². The van der Waals surface area contributed by atoms with Gasteiger partial charge >= 0.3 is 0 Å². The number of hydrogen-bond acceptors (Lipinski definition) is 4. The molecule has 7 heteroatoms. The maximum absolute atomic E-state index is 13.0. The lowest BCUT2D eigenvalue weighted by Crippen LogP contribution is -2.33. The number of carbonyl (C=O) groups is 1. The van der Waals surface area contributed by atoms with E-state index in [1.807, 2.05) is 36.1 Å². The highest BCUT2D eigenvalue weighted by Crippen LogP contribution is 2.33. The van der Waals surface area contributed by atoms with Crippen LogP contribution < -0.4 is 10.3 Å². The minimum Gasteiger partial charge on any atom is -0.494 e. The molecule has 1 saturated heterocycles. The van der Waals surface area contributed by atoms with Crippen molar-refractivity contribution in [2.75, 3.05) is 13.2 Å². The molecule has 1 unspecified atom stereocenters. The predicted octanol–water partition coefficient (Wildman–Crippen LogP) is 2.26. The molecule has 2 aromatic heterocycles. The average Bonchev–Trinajstić information content (AvgIpc) is 3.31. The first-order chi connectivity index (χ1) is 13.2. The Bertz CT molecular complexity index is 1010. The van der Waals surface area contributed by atoms with Gasteiger partial charge in [0.25, 0.3) is 5.56 Å². The van der Waals surface area contributed by atoms with Crippen LogP contribution in [0.3, 0.4) is 0 Å². The van der Waals surface area contributed by atoms with Gasteiger partial charge in [-0.2, -0.15) is 0 Å². The molecule has 0 saturated carbocycles. The zero-order valence-electron chi connectivity index (χ0n) is 15.2. The van der Waals surface area contributed by atoms with Gasteiger partial charge in [-0.25, -0.2) is 4.98 Å². The molecule has 7 nitrogen and oxygen atoms in total. The summed E-state index contributed by atoms with van der Waals surface area (Å²) in [6, 6.07) is 9.46. The highest BCUT2D eigenvalue weighted by molar-refractivity contribution is 5.77. The summed E-state index contributed by atoms with van der Waals surface area (Å²) in [6.45, 7) is 3.50. The number of ether oxygens (including phenoxy) is 1. The van der Waals surface area contributed by atoms with Crippen LogP contribution in [0.1, 0.15) is 31.4 Å². The van der Waals surface area contributed by atoms with Gasteiger partial charge in [-0.15, -0.1) is 0 Å². The first-order valence-corrected chi connectivity index (χ1v) is 9.22. The molecule has 1 fully saturated rings. The second kappa shape index (κ2) is 7.26. The van der Waals surface area contributed by atoms with Crippen molar-refractivity contribution in [2.24, 2.45) is 0 Å². The molecule has 1 aromatic carbocycles. The molecule has 0 aliphatic carbocycles. The SMILES string of the molecule is CCOc1ccc(C2CCCN2C(=O)Cn2ccn3c(=O)ccnc23)cc1. The summed E-state index contributed by atoms with van der Waals surface area (Å²) in [5, 5.41) is 0. The fourth-order valence-electron chi connectivity index (χ4n) is 3.70. The molecule has 3 heterocycles. The Balaban J connectivity index is 1.53. The van der Waals surface area contributed by atoms with Gasteiger partial charge in [0.1, 0.15) is 12.3 Å². The van der Waals surface area contributed by atoms with Crippen molar-refractivity contribution in [2.45, 2.75) is 32.4 Å². The summed E-state index contributed by atoms with van der Waals surface area (Å²) in [4.78, 5) is 31.0. The van der Waals surface area contributed by atoms with E-state index < -0.39 is 0 Å². The lowest BCUT2D eigenvalue weighted by atomic mass is 10.0. The van der Waals surface area contributed by atoms with E-state index >= 15 is 0 Å². The van der Waals surface area contributed by atoms with E-state index in [1.54, 1.807) is 17.0 Å². The quantitative estimate of drug-likeness (QED) is 0.695. The molecule has 140 valence electrons. The first kappa shape index (κ1) is 17.3. The van der Waals surface area contributed by atoms with Crippen molar-refractivity contribution >= 4 is 11.7 Å². The van der Waals surface area contributed by atoms with Crippen molar-refractivity contribution in [1.29, 1.82) is 0 Å². The third-order valence-corrected chi connectivity index (χ3v) is 4.97. The standard InChI is InChI=1S/C20H22N4O3/c1-2-27-16-7-5-15(6-8-16)17-4-3-11-23(17)19(26)14-22-12-13-24-18(25)9-10-21-20(22)24/h5-10,12-13,17H,2-4,11,14H2,1H3. The Kier molecular flexibility index (Phi) is 4.66. The third-order valence-electron chi connectivity index (χ3n) is 4.97. The summed E-state index contributed by atoms with van der Waals surface area (Å²) in [6.07, 6.45) is 6.77. The maximum atomic E-state index is 13.0. The summed E-state index contributed by atoms with van der Waals surface area (Å²) >= 11 is 0. The van der Waals surface area contributed by atoms with E-state index in [9.17, 15) is 9.59 Å². The van der Waals surface area contributed by atoms with Crippen LogP contribution >= 0.6 is 0 Å². The van der Waals surface area contributed by atoms with Crippen molar-refractivity contribution in [3.05, 3.63) is 64.8 Å². The second-order valence-corrected chi connectivity index (χ2v) is 6.63. The lowest BCUT2D eigenvalue weighted by molar-refractivity contribution is -0.132. The molecule has 1 aliphatic heterocycles. The summed E-state index contributed by atoms with van der Waals surface area (Å²) in [7, 11) is 0. The Morgan fingerprint density at radius 2 is 2.04 bits per heavy atom. The number of hydrogen-bond donors (Lipinski definition) is 0. The first-order valence-electron chi connectivity index (χ1n) is 9.22. The van der Waals surface area contributed by atoms with Crippen LogP contribution in [-0.4, -0.2) is 37.9 Å². The number of amides is 1. The predicted molar refractivity (Wildman–Crippen MR) is 101 cm³/mol. The van der Waals surface area contributed by atoms with Gasteiger partial charge in [-0.05, 0) is 37.5 Å². The number of fused-ring (bicyclic) bond motifs is 1. The molecular formula is C20H22N4O3. The van der Waals surface area contributed by atoms with Crippen LogP contribution in [0, 0.1) is 0 Å². The molecule has 3 aromatic rings. The monoisotopic (exact) mass is 366 g/mol. The second-order valence-electron chi connectivity index (χ2n) is 6.63. The largest absolute Gasteiger partial charge is 0.494 e. The van der Waals surface area contributed by atoms with Gasteiger partial charge in [0.2, 0.25) is 11.7 Å². The average molecular weight is 366 g/mol.